The van der Waals surface area contributed by atoms with Gasteiger partial charge in [0.1, 0.15) is 11.8 Å². The first-order chi connectivity index (χ1) is 19.0. The zero-order valence-electron chi connectivity index (χ0n) is 24.5. The maximum absolute atomic E-state index is 13.9. The Kier molecular flexibility index (Phi) is 10.8. The SMILES string of the molecule is COc1cccc([C@@H](C(=O)NC(C)(C)C)N(CCC2=CCCCC2)C(=O)CCC(=O)Nc2cc(C)on2)c1OC. The van der Waals surface area contributed by atoms with E-state index >= 15 is 0 Å². The monoisotopic (exact) mass is 554 g/mol. The zero-order chi connectivity index (χ0) is 29.3. The minimum atomic E-state index is -0.998. The number of benzene rings is 1. The van der Waals surface area contributed by atoms with E-state index in [9.17, 15) is 14.4 Å². The molecule has 1 aliphatic carbocycles. The van der Waals surface area contributed by atoms with Gasteiger partial charge >= 0.3 is 0 Å². The van der Waals surface area contributed by atoms with Gasteiger partial charge in [0.05, 0.1) is 14.2 Å². The van der Waals surface area contributed by atoms with Crippen molar-refractivity contribution in [1.29, 1.82) is 0 Å². The molecule has 1 aliphatic rings. The topological polar surface area (TPSA) is 123 Å². The van der Waals surface area contributed by atoms with Crippen molar-refractivity contribution in [2.45, 2.75) is 84.2 Å². The van der Waals surface area contributed by atoms with Gasteiger partial charge in [-0.2, -0.15) is 0 Å². The number of hydrogen-bond acceptors (Lipinski definition) is 7. The fraction of sp³-hybridized carbons (Fsp3) is 0.533. The number of nitrogens with one attached hydrogen (secondary N) is 2. The highest BCUT2D eigenvalue weighted by Gasteiger charge is 2.36. The summed E-state index contributed by atoms with van der Waals surface area (Å²) in [4.78, 5) is 41.9. The second-order valence-corrected chi connectivity index (χ2v) is 11.0. The highest BCUT2D eigenvalue weighted by atomic mass is 16.5. The minimum absolute atomic E-state index is 0.0766. The number of carbonyl (C=O) groups excluding carboxylic acids is 3. The van der Waals surface area contributed by atoms with Crippen molar-refractivity contribution >= 4 is 23.5 Å². The van der Waals surface area contributed by atoms with E-state index in [1.165, 1.54) is 19.8 Å². The fourth-order valence-electron chi connectivity index (χ4n) is 4.80. The van der Waals surface area contributed by atoms with Crippen molar-refractivity contribution in [2.24, 2.45) is 0 Å². The first-order valence-electron chi connectivity index (χ1n) is 13.8. The molecule has 2 aromatic rings. The van der Waals surface area contributed by atoms with Crippen LogP contribution in [0.25, 0.3) is 0 Å². The molecule has 10 nitrogen and oxygen atoms in total. The summed E-state index contributed by atoms with van der Waals surface area (Å²) in [6.45, 7) is 7.71. The molecule has 0 radical (unpaired) electrons. The van der Waals surface area contributed by atoms with Crippen molar-refractivity contribution in [2.75, 3.05) is 26.1 Å². The van der Waals surface area contributed by atoms with Gasteiger partial charge in [-0.05, 0) is 65.9 Å². The molecule has 3 amide bonds. The quantitative estimate of drug-likeness (QED) is 0.350. The summed E-state index contributed by atoms with van der Waals surface area (Å²) in [5.74, 6) is 0.667. The molecule has 0 aliphatic heterocycles. The molecule has 0 fully saturated rings. The molecular weight excluding hydrogens is 512 g/mol. The second-order valence-electron chi connectivity index (χ2n) is 11.0. The van der Waals surface area contributed by atoms with E-state index in [0.717, 1.165) is 25.7 Å². The Balaban J connectivity index is 1.94. The summed E-state index contributed by atoms with van der Waals surface area (Å²) < 4.78 is 16.2. The van der Waals surface area contributed by atoms with Gasteiger partial charge < -0.3 is 29.5 Å². The number of rotatable bonds is 12. The summed E-state index contributed by atoms with van der Waals surface area (Å²) in [6.07, 6.45) is 6.96. The summed E-state index contributed by atoms with van der Waals surface area (Å²) >= 11 is 0. The highest BCUT2D eigenvalue weighted by molar-refractivity contribution is 5.94. The Morgan fingerprint density at radius 1 is 1.12 bits per heavy atom. The largest absolute Gasteiger partial charge is 0.493 e. The Morgan fingerprint density at radius 3 is 2.50 bits per heavy atom. The van der Waals surface area contributed by atoms with Crippen LogP contribution in [0, 0.1) is 6.92 Å². The summed E-state index contributed by atoms with van der Waals surface area (Å²) in [5.41, 5.74) is 1.24. The zero-order valence-corrected chi connectivity index (χ0v) is 24.5. The first-order valence-corrected chi connectivity index (χ1v) is 13.8. The molecule has 0 saturated heterocycles. The van der Waals surface area contributed by atoms with Gasteiger partial charge in [-0.3, -0.25) is 14.4 Å². The molecule has 2 N–H and O–H groups in total. The lowest BCUT2D eigenvalue weighted by atomic mass is 9.95. The van der Waals surface area contributed by atoms with Gasteiger partial charge in [-0.25, -0.2) is 0 Å². The number of hydrogen-bond donors (Lipinski definition) is 2. The third-order valence-electron chi connectivity index (χ3n) is 6.63. The lowest BCUT2D eigenvalue weighted by Gasteiger charge is -2.35. The van der Waals surface area contributed by atoms with E-state index in [4.69, 9.17) is 14.0 Å². The molecular formula is C30H42N4O6. The van der Waals surface area contributed by atoms with E-state index in [1.807, 2.05) is 20.8 Å². The average molecular weight is 555 g/mol. The van der Waals surface area contributed by atoms with E-state index < -0.39 is 11.6 Å². The number of nitrogens with zero attached hydrogens (tertiary/aromatic N) is 2. The Bertz CT molecular complexity index is 1210. The van der Waals surface area contributed by atoms with Gasteiger partial charge in [-0.15, -0.1) is 0 Å². The number of anilines is 1. The summed E-state index contributed by atoms with van der Waals surface area (Å²) in [6, 6.07) is 5.89. The fourth-order valence-corrected chi connectivity index (χ4v) is 4.80. The Labute approximate surface area is 236 Å². The van der Waals surface area contributed by atoms with Gasteiger partial charge in [0, 0.05) is 36.6 Å². The number of allylic oxidation sites excluding steroid dienone is 1. The van der Waals surface area contributed by atoms with Crippen LogP contribution in [-0.4, -0.2) is 54.1 Å². The van der Waals surface area contributed by atoms with Crippen LogP contribution in [0.15, 0.2) is 40.4 Å². The predicted octanol–water partition coefficient (Wildman–Crippen LogP) is 5.09. The molecule has 0 saturated carbocycles. The van der Waals surface area contributed by atoms with Crippen molar-refractivity contribution in [3.05, 3.63) is 47.2 Å². The van der Waals surface area contributed by atoms with Crippen molar-refractivity contribution in [3.8, 4) is 11.5 Å². The standard InChI is InChI=1S/C30H42N4O6/c1-20-19-24(33-40-20)31-25(35)15-16-26(36)34(18-17-21-11-8-7-9-12-21)27(29(37)32-30(2,3)4)22-13-10-14-23(38-5)28(22)39-6/h10-11,13-14,19,27H,7-9,12,15-18H2,1-6H3,(H,32,37)(H,31,33,35)/t27-/m0/s1. The van der Waals surface area contributed by atoms with Gasteiger partial charge in [-0.1, -0.05) is 28.9 Å². The predicted molar refractivity (Wildman–Crippen MR) is 152 cm³/mol. The summed E-state index contributed by atoms with van der Waals surface area (Å²) in [7, 11) is 3.04. The van der Waals surface area contributed by atoms with Crippen molar-refractivity contribution in [1.82, 2.24) is 15.4 Å². The van der Waals surface area contributed by atoms with Crippen molar-refractivity contribution in [3.63, 3.8) is 0 Å². The number of aryl methyl sites for hydroxylation is 1. The Hall–Kier alpha value is -3.82. The maximum atomic E-state index is 13.9. The average Bonchev–Trinajstić information content (AvgIpc) is 3.32. The van der Waals surface area contributed by atoms with Crippen LogP contribution in [0.5, 0.6) is 11.5 Å². The van der Waals surface area contributed by atoms with Crippen LogP contribution in [-0.2, 0) is 14.4 Å². The lowest BCUT2D eigenvalue weighted by molar-refractivity contribution is -0.142. The number of carbonyl (C=O) groups is 3. The van der Waals surface area contributed by atoms with Crippen LogP contribution in [0.2, 0.25) is 0 Å². The maximum Gasteiger partial charge on any atom is 0.247 e. The molecule has 3 rings (SSSR count). The second kappa shape index (κ2) is 14.0. The number of methoxy groups -OCH3 is 2. The van der Waals surface area contributed by atoms with Crippen LogP contribution in [0.4, 0.5) is 5.82 Å². The third kappa shape index (κ3) is 8.59. The smallest absolute Gasteiger partial charge is 0.247 e. The molecule has 1 heterocycles. The van der Waals surface area contributed by atoms with Gasteiger partial charge in [0.2, 0.25) is 17.7 Å². The summed E-state index contributed by atoms with van der Waals surface area (Å²) in [5, 5.41) is 9.46. The molecule has 1 aromatic carbocycles. The first kappa shape index (κ1) is 30.7. The van der Waals surface area contributed by atoms with Gasteiger partial charge in [0.25, 0.3) is 0 Å². The van der Waals surface area contributed by atoms with E-state index in [1.54, 1.807) is 36.1 Å². The number of para-hydroxylation sites is 1. The van der Waals surface area contributed by atoms with Crippen molar-refractivity contribution < 1.29 is 28.4 Å². The molecule has 10 heteroatoms. The number of ether oxygens (including phenoxy) is 2. The molecule has 0 bridgehead atoms. The van der Waals surface area contributed by atoms with E-state index in [-0.39, 0.29) is 30.6 Å². The normalized spacial score (nSPS) is 14.1. The molecule has 0 spiro atoms. The van der Waals surface area contributed by atoms with E-state index in [2.05, 4.69) is 21.9 Å². The number of amides is 3. The third-order valence-corrected chi connectivity index (χ3v) is 6.63. The number of aromatic nitrogens is 1. The van der Waals surface area contributed by atoms with Crippen LogP contribution in [0.1, 0.15) is 83.1 Å². The van der Waals surface area contributed by atoms with Crippen LogP contribution in [0.3, 0.4) is 0 Å². The minimum Gasteiger partial charge on any atom is -0.493 e. The molecule has 218 valence electrons. The van der Waals surface area contributed by atoms with E-state index in [0.29, 0.717) is 41.6 Å². The molecule has 0 unspecified atom stereocenters. The van der Waals surface area contributed by atoms with Gasteiger partial charge in [0.15, 0.2) is 17.3 Å². The molecule has 1 aromatic heterocycles. The Morgan fingerprint density at radius 2 is 1.90 bits per heavy atom. The highest BCUT2D eigenvalue weighted by Crippen LogP contribution is 2.38. The van der Waals surface area contributed by atoms with Crippen LogP contribution >= 0.6 is 0 Å². The van der Waals surface area contributed by atoms with Crippen LogP contribution < -0.4 is 20.1 Å². The molecule has 1 atom stereocenters. The molecule has 40 heavy (non-hydrogen) atoms. The lowest BCUT2D eigenvalue weighted by Crippen LogP contribution is -2.49.